The molecule has 2 saturated carbocycles. The lowest BCUT2D eigenvalue weighted by Crippen LogP contribution is -2.39. The first-order valence-electron chi connectivity index (χ1n) is 9.94. The fourth-order valence-corrected chi connectivity index (χ4v) is 4.40. The number of anilines is 1. The van der Waals surface area contributed by atoms with Gasteiger partial charge in [-0.05, 0) is 49.7 Å². The minimum absolute atomic E-state index is 0.0468. The summed E-state index contributed by atoms with van der Waals surface area (Å²) in [5.74, 6) is 0.839. The SMILES string of the molecule is CC(=O)C1C[C@H]1c1ccc(N(CC(C)C)C2CCCCC2)c([N+](=O)[O-])c1. The van der Waals surface area contributed by atoms with Gasteiger partial charge in [-0.15, -0.1) is 0 Å². The molecule has 142 valence electrons. The summed E-state index contributed by atoms with van der Waals surface area (Å²) in [5, 5.41) is 11.8. The molecule has 26 heavy (non-hydrogen) atoms. The lowest BCUT2D eigenvalue weighted by Gasteiger charge is -2.37. The van der Waals surface area contributed by atoms with Crippen molar-refractivity contribution < 1.29 is 9.72 Å². The van der Waals surface area contributed by atoms with Crippen molar-refractivity contribution in [2.75, 3.05) is 11.4 Å². The van der Waals surface area contributed by atoms with Crippen molar-refractivity contribution in [2.45, 2.75) is 71.3 Å². The number of hydrogen-bond donors (Lipinski definition) is 0. The van der Waals surface area contributed by atoms with Crippen LogP contribution in [0.4, 0.5) is 11.4 Å². The zero-order valence-electron chi connectivity index (χ0n) is 16.1. The summed E-state index contributed by atoms with van der Waals surface area (Å²) in [5.41, 5.74) is 1.89. The maximum atomic E-state index is 11.8. The number of ketones is 1. The van der Waals surface area contributed by atoms with Crippen LogP contribution in [-0.4, -0.2) is 23.3 Å². The number of carbonyl (C=O) groups excluding carboxylic acids is 1. The van der Waals surface area contributed by atoms with Gasteiger partial charge in [-0.2, -0.15) is 0 Å². The van der Waals surface area contributed by atoms with Crippen LogP contribution in [0.1, 0.15) is 70.8 Å². The number of carbonyl (C=O) groups is 1. The molecule has 0 aromatic heterocycles. The number of hydrogen-bond acceptors (Lipinski definition) is 4. The van der Waals surface area contributed by atoms with Gasteiger partial charge >= 0.3 is 0 Å². The number of nitro groups is 1. The molecule has 2 aliphatic carbocycles. The first-order valence-corrected chi connectivity index (χ1v) is 9.94. The average molecular weight is 358 g/mol. The minimum atomic E-state index is -0.250. The fourth-order valence-electron chi connectivity index (χ4n) is 4.40. The second-order valence-corrected chi connectivity index (χ2v) is 8.40. The van der Waals surface area contributed by atoms with Crippen LogP contribution < -0.4 is 4.90 Å². The minimum Gasteiger partial charge on any atom is -0.363 e. The van der Waals surface area contributed by atoms with E-state index in [0.717, 1.165) is 37.1 Å². The number of nitro benzene ring substituents is 1. The van der Waals surface area contributed by atoms with Crippen LogP contribution in [-0.2, 0) is 4.79 Å². The van der Waals surface area contributed by atoms with Crippen LogP contribution in [0.25, 0.3) is 0 Å². The normalized spacial score (nSPS) is 23.1. The third kappa shape index (κ3) is 4.08. The highest BCUT2D eigenvalue weighted by Crippen LogP contribution is 2.49. The lowest BCUT2D eigenvalue weighted by atomic mass is 9.92. The van der Waals surface area contributed by atoms with E-state index in [1.54, 1.807) is 13.0 Å². The van der Waals surface area contributed by atoms with E-state index in [0.29, 0.717) is 12.0 Å². The van der Waals surface area contributed by atoms with E-state index >= 15 is 0 Å². The van der Waals surface area contributed by atoms with E-state index in [9.17, 15) is 14.9 Å². The third-order valence-corrected chi connectivity index (χ3v) is 5.82. The third-order valence-electron chi connectivity index (χ3n) is 5.82. The van der Waals surface area contributed by atoms with Gasteiger partial charge in [-0.1, -0.05) is 39.2 Å². The van der Waals surface area contributed by atoms with Gasteiger partial charge in [0.1, 0.15) is 11.5 Å². The number of rotatable bonds is 7. The van der Waals surface area contributed by atoms with Gasteiger partial charge in [-0.25, -0.2) is 0 Å². The van der Waals surface area contributed by atoms with Crippen molar-refractivity contribution in [1.29, 1.82) is 0 Å². The van der Waals surface area contributed by atoms with Crippen LogP contribution in [0.15, 0.2) is 18.2 Å². The van der Waals surface area contributed by atoms with Gasteiger partial charge in [0.05, 0.1) is 4.92 Å². The molecule has 1 unspecified atom stereocenters. The molecule has 0 saturated heterocycles. The van der Waals surface area contributed by atoms with E-state index in [1.165, 1.54) is 19.3 Å². The summed E-state index contributed by atoms with van der Waals surface area (Å²) in [7, 11) is 0. The molecule has 0 radical (unpaired) electrons. The molecule has 0 aliphatic heterocycles. The van der Waals surface area contributed by atoms with E-state index in [4.69, 9.17) is 0 Å². The first kappa shape index (κ1) is 18.9. The van der Waals surface area contributed by atoms with Crippen molar-refractivity contribution >= 4 is 17.2 Å². The van der Waals surface area contributed by atoms with Crippen LogP contribution in [0.3, 0.4) is 0 Å². The molecule has 0 heterocycles. The Morgan fingerprint density at radius 1 is 1.27 bits per heavy atom. The van der Waals surface area contributed by atoms with Crippen molar-refractivity contribution in [3.63, 3.8) is 0 Å². The van der Waals surface area contributed by atoms with Crippen molar-refractivity contribution in [3.05, 3.63) is 33.9 Å². The maximum absolute atomic E-state index is 11.8. The number of benzene rings is 1. The topological polar surface area (TPSA) is 63.5 Å². The number of Topliss-reactive ketones (excluding diaryl/α,β-unsaturated/α-hetero) is 1. The van der Waals surface area contributed by atoms with Crippen LogP contribution in [0.5, 0.6) is 0 Å². The van der Waals surface area contributed by atoms with Crippen LogP contribution in [0, 0.1) is 22.0 Å². The first-order chi connectivity index (χ1) is 12.4. The molecule has 3 rings (SSSR count). The van der Waals surface area contributed by atoms with Gasteiger partial charge in [-0.3, -0.25) is 14.9 Å². The van der Waals surface area contributed by atoms with Crippen molar-refractivity contribution in [1.82, 2.24) is 0 Å². The van der Waals surface area contributed by atoms with E-state index in [2.05, 4.69) is 18.7 Å². The predicted molar refractivity (Wildman–Crippen MR) is 104 cm³/mol. The molecule has 0 bridgehead atoms. The van der Waals surface area contributed by atoms with E-state index in [1.807, 2.05) is 12.1 Å². The Hall–Kier alpha value is -1.91. The molecular weight excluding hydrogens is 328 g/mol. The van der Waals surface area contributed by atoms with E-state index in [-0.39, 0.29) is 28.2 Å². The van der Waals surface area contributed by atoms with Crippen molar-refractivity contribution in [2.24, 2.45) is 11.8 Å². The second-order valence-electron chi connectivity index (χ2n) is 8.40. The Morgan fingerprint density at radius 2 is 1.96 bits per heavy atom. The Labute approximate surface area is 155 Å². The highest BCUT2D eigenvalue weighted by molar-refractivity contribution is 5.82. The molecule has 1 aromatic carbocycles. The number of nitrogens with zero attached hydrogens (tertiary/aromatic N) is 2. The van der Waals surface area contributed by atoms with Gasteiger partial charge in [0.2, 0.25) is 0 Å². The molecule has 0 spiro atoms. The lowest BCUT2D eigenvalue weighted by molar-refractivity contribution is -0.384. The Balaban J connectivity index is 1.92. The summed E-state index contributed by atoms with van der Waals surface area (Å²) in [6.07, 6.45) is 6.72. The summed E-state index contributed by atoms with van der Waals surface area (Å²) in [4.78, 5) is 25.4. The Morgan fingerprint density at radius 3 is 2.50 bits per heavy atom. The van der Waals surface area contributed by atoms with Crippen molar-refractivity contribution in [3.8, 4) is 0 Å². The fraction of sp³-hybridized carbons (Fsp3) is 0.667. The van der Waals surface area contributed by atoms with Gasteiger partial charge in [0.15, 0.2) is 0 Å². The van der Waals surface area contributed by atoms with Gasteiger partial charge < -0.3 is 4.90 Å². The van der Waals surface area contributed by atoms with Crippen LogP contribution >= 0.6 is 0 Å². The predicted octanol–water partition coefficient (Wildman–Crippen LogP) is 5.08. The smallest absolute Gasteiger partial charge is 0.292 e. The molecule has 1 aromatic rings. The van der Waals surface area contributed by atoms with E-state index < -0.39 is 0 Å². The molecule has 5 heteroatoms. The highest BCUT2D eigenvalue weighted by Gasteiger charge is 2.42. The van der Waals surface area contributed by atoms with Crippen LogP contribution in [0.2, 0.25) is 0 Å². The standard InChI is InChI=1S/C21H30N2O3/c1-14(2)13-22(17-7-5-4-6-8-17)20-10-9-16(11-21(20)23(25)26)19-12-18(19)15(3)24/h9-11,14,17-19H,4-8,12-13H2,1-3H3/t18?,19-/m0/s1. The zero-order valence-corrected chi connectivity index (χ0v) is 16.1. The monoisotopic (exact) mass is 358 g/mol. The summed E-state index contributed by atoms with van der Waals surface area (Å²) < 4.78 is 0. The zero-order chi connectivity index (χ0) is 18.8. The van der Waals surface area contributed by atoms with Gasteiger partial charge in [0, 0.05) is 24.6 Å². The Kier molecular flexibility index (Phi) is 5.64. The molecule has 5 nitrogen and oxygen atoms in total. The molecule has 2 fully saturated rings. The second kappa shape index (κ2) is 7.77. The summed E-state index contributed by atoms with van der Waals surface area (Å²) in [6, 6.07) is 6.05. The Bertz CT molecular complexity index is 680. The molecule has 0 N–H and O–H groups in total. The quantitative estimate of drug-likeness (QED) is 0.503. The van der Waals surface area contributed by atoms with Gasteiger partial charge in [0.25, 0.3) is 5.69 Å². The summed E-state index contributed by atoms with van der Waals surface area (Å²) in [6.45, 7) is 6.78. The molecule has 2 aliphatic rings. The molecular formula is C21H30N2O3. The largest absolute Gasteiger partial charge is 0.363 e. The maximum Gasteiger partial charge on any atom is 0.292 e. The highest BCUT2D eigenvalue weighted by atomic mass is 16.6. The molecule has 0 amide bonds. The summed E-state index contributed by atoms with van der Waals surface area (Å²) >= 11 is 0. The average Bonchev–Trinajstić information content (AvgIpc) is 3.41. The molecule has 2 atom stereocenters.